The molecule has 1 saturated heterocycles. The zero-order valence-electron chi connectivity index (χ0n) is 18.2. The SMILES string of the molecule is COc1cccc(N2CCN(C(=O)CSc3nccn3-c3cc(C)ccc3C)CC2)c1. The monoisotopic (exact) mass is 436 g/mol. The molecule has 31 heavy (non-hydrogen) atoms. The van der Waals surface area contributed by atoms with Crippen LogP contribution < -0.4 is 9.64 Å². The van der Waals surface area contributed by atoms with E-state index < -0.39 is 0 Å². The summed E-state index contributed by atoms with van der Waals surface area (Å²) in [7, 11) is 1.68. The van der Waals surface area contributed by atoms with Gasteiger partial charge in [0.15, 0.2) is 5.16 Å². The molecule has 1 amide bonds. The molecule has 0 bridgehead atoms. The van der Waals surface area contributed by atoms with E-state index in [4.69, 9.17) is 4.74 Å². The molecule has 4 rings (SSSR count). The summed E-state index contributed by atoms with van der Waals surface area (Å²) in [6.07, 6.45) is 3.75. The number of imidazole rings is 1. The van der Waals surface area contributed by atoms with Crippen molar-refractivity contribution in [2.75, 3.05) is 43.9 Å². The van der Waals surface area contributed by atoms with Crippen LogP contribution in [0.2, 0.25) is 0 Å². The van der Waals surface area contributed by atoms with Gasteiger partial charge in [-0.05, 0) is 43.2 Å². The molecule has 1 aliphatic rings. The largest absolute Gasteiger partial charge is 0.497 e. The third kappa shape index (κ3) is 4.88. The average Bonchev–Trinajstić information content (AvgIpc) is 3.27. The minimum Gasteiger partial charge on any atom is -0.497 e. The van der Waals surface area contributed by atoms with Gasteiger partial charge in [-0.2, -0.15) is 0 Å². The summed E-state index contributed by atoms with van der Waals surface area (Å²) in [5.74, 6) is 1.40. The van der Waals surface area contributed by atoms with E-state index in [0.717, 1.165) is 48.5 Å². The third-order valence-corrected chi connectivity index (χ3v) is 6.56. The number of amides is 1. The zero-order chi connectivity index (χ0) is 21.8. The number of rotatable bonds is 6. The quantitative estimate of drug-likeness (QED) is 0.548. The molecule has 1 aliphatic heterocycles. The Morgan fingerprint density at radius 1 is 1.10 bits per heavy atom. The molecule has 7 heteroatoms. The first-order chi connectivity index (χ1) is 15.0. The number of carbonyl (C=O) groups excluding carboxylic acids is 1. The van der Waals surface area contributed by atoms with E-state index in [1.54, 1.807) is 13.3 Å². The lowest BCUT2D eigenvalue weighted by atomic mass is 10.1. The van der Waals surface area contributed by atoms with Crippen molar-refractivity contribution in [1.82, 2.24) is 14.5 Å². The van der Waals surface area contributed by atoms with Gasteiger partial charge in [0.25, 0.3) is 0 Å². The van der Waals surface area contributed by atoms with Crippen LogP contribution in [0.3, 0.4) is 0 Å². The molecule has 0 radical (unpaired) electrons. The number of aryl methyl sites for hydroxylation is 2. The van der Waals surface area contributed by atoms with E-state index in [1.165, 1.54) is 22.9 Å². The lowest BCUT2D eigenvalue weighted by Gasteiger charge is -2.36. The highest BCUT2D eigenvalue weighted by Crippen LogP contribution is 2.25. The van der Waals surface area contributed by atoms with E-state index in [2.05, 4.69) is 52.6 Å². The Bertz CT molecular complexity index is 1060. The highest BCUT2D eigenvalue weighted by Gasteiger charge is 2.22. The van der Waals surface area contributed by atoms with Crippen molar-refractivity contribution < 1.29 is 9.53 Å². The zero-order valence-corrected chi connectivity index (χ0v) is 19.1. The summed E-state index contributed by atoms with van der Waals surface area (Å²) in [6.45, 7) is 7.27. The number of hydrogen-bond acceptors (Lipinski definition) is 5. The minimum absolute atomic E-state index is 0.158. The van der Waals surface area contributed by atoms with Crippen LogP contribution in [0, 0.1) is 13.8 Å². The van der Waals surface area contributed by atoms with E-state index in [-0.39, 0.29) is 5.91 Å². The van der Waals surface area contributed by atoms with Gasteiger partial charge in [0.05, 0.1) is 18.6 Å². The minimum atomic E-state index is 0.158. The van der Waals surface area contributed by atoms with Crippen molar-refractivity contribution in [2.45, 2.75) is 19.0 Å². The molecule has 0 spiro atoms. The van der Waals surface area contributed by atoms with Crippen LogP contribution in [0.5, 0.6) is 5.75 Å². The number of piperazine rings is 1. The fraction of sp³-hybridized carbons (Fsp3) is 0.333. The second-order valence-electron chi connectivity index (χ2n) is 7.73. The molecule has 0 N–H and O–H groups in total. The van der Waals surface area contributed by atoms with Gasteiger partial charge in [0.1, 0.15) is 5.75 Å². The predicted molar refractivity (Wildman–Crippen MR) is 126 cm³/mol. The summed E-state index contributed by atoms with van der Waals surface area (Å²) < 4.78 is 7.40. The van der Waals surface area contributed by atoms with Gasteiger partial charge in [-0.3, -0.25) is 9.36 Å². The molecule has 1 fully saturated rings. The summed E-state index contributed by atoms with van der Waals surface area (Å²) in [5.41, 5.74) is 4.64. The number of ether oxygens (including phenoxy) is 1. The molecular weight excluding hydrogens is 408 g/mol. The van der Waals surface area contributed by atoms with Crippen molar-refractivity contribution >= 4 is 23.4 Å². The molecule has 0 aliphatic carbocycles. The van der Waals surface area contributed by atoms with Gasteiger partial charge in [-0.15, -0.1) is 0 Å². The summed E-state index contributed by atoms with van der Waals surface area (Å²) in [5, 5.41) is 0.845. The number of anilines is 1. The Kier molecular flexibility index (Phi) is 6.51. The van der Waals surface area contributed by atoms with Crippen molar-refractivity contribution in [3.05, 3.63) is 66.0 Å². The fourth-order valence-corrected chi connectivity index (χ4v) is 4.67. The summed E-state index contributed by atoms with van der Waals surface area (Å²) in [4.78, 5) is 21.6. The Labute approximate surface area is 187 Å². The molecule has 0 unspecified atom stereocenters. The second-order valence-corrected chi connectivity index (χ2v) is 8.67. The Morgan fingerprint density at radius 3 is 2.68 bits per heavy atom. The molecule has 2 heterocycles. The molecule has 2 aromatic carbocycles. The number of benzene rings is 2. The van der Waals surface area contributed by atoms with Crippen LogP contribution in [0.15, 0.2) is 60.0 Å². The number of methoxy groups -OCH3 is 1. The fourth-order valence-electron chi connectivity index (χ4n) is 3.80. The first-order valence-corrected chi connectivity index (χ1v) is 11.4. The number of carbonyl (C=O) groups is 1. The number of nitrogens with zero attached hydrogens (tertiary/aromatic N) is 4. The van der Waals surface area contributed by atoms with Gasteiger partial charge in [-0.1, -0.05) is 30.0 Å². The van der Waals surface area contributed by atoms with Gasteiger partial charge >= 0.3 is 0 Å². The standard InChI is InChI=1S/C24H28N4O2S/c1-18-7-8-19(2)22(15-18)28-10-9-25-24(28)31-17-23(29)27-13-11-26(12-14-27)20-5-4-6-21(16-20)30-3/h4-10,15-16H,11-14,17H2,1-3H3. The molecule has 162 valence electrons. The number of thioether (sulfide) groups is 1. The van der Waals surface area contributed by atoms with Gasteiger partial charge in [0.2, 0.25) is 5.91 Å². The van der Waals surface area contributed by atoms with Gasteiger partial charge in [-0.25, -0.2) is 4.98 Å². The average molecular weight is 437 g/mol. The summed E-state index contributed by atoms with van der Waals surface area (Å²) >= 11 is 1.50. The maximum atomic E-state index is 12.8. The Balaban J connectivity index is 1.34. The first-order valence-electron chi connectivity index (χ1n) is 10.5. The molecular formula is C24H28N4O2S. The maximum absolute atomic E-state index is 12.8. The maximum Gasteiger partial charge on any atom is 0.233 e. The van der Waals surface area contributed by atoms with Gasteiger partial charge < -0.3 is 14.5 Å². The van der Waals surface area contributed by atoms with Crippen molar-refractivity contribution in [3.63, 3.8) is 0 Å². The smallest absolute Gasteiger partial charge is 0.233 e. The number of hydrogen-bond donors (Lipinski definition) is 0. The summed E-state index contributed by atoms with van der Waals surface area (Å²) in [6, 6.07) is 14.5. The molecule has 1 aromatic heterocycles. The highest BCUT2D eigenvalue weighted by atomic mass is 32.2. The van der Waals surface area contributed by atoms with E-state index in [9.17, 15) is 4.79 Å². The van der Waals surface area contributed by atoms with Crippen molar-refractivity contribution in [3.8, 4) is 11.4 Å². The van der Waals surface area contributed by atoms with Crippen molar-refractivity contribution in [1.29, 1.82) is 0 Å². The molecule has 6 nitrogen and oxygen atoms in total. The molecule has 3 aromatic rings. The van der Waals surface area contributed by atoms with E-state index in [0.29, 0.717) is 5.75 Å². The first kappa shape index (κ1) is 21.3. The van der Waals surface area contributed by atoms with E-state index >= 15 is 0 Å². The lowest BCUT2D eigenvalue weighted by Crippen LogP contribution is -2.49. The highest BCUT2D eigenvalue weighted by molar-refractivity contribution is 7.99. The van der Waals surface area contributed by atoms with Crippen LogP contribution in [0.4, 0.5) is 5.69 Å². The molecule has 0 saturated carbocycles. The van der Waals surface area contributed by atoms with Crippen LogP contribution in [-0.4, -0.2) is 59.4 Å². The molecule has 0 atom stereocenters. The van der Waals surface area contributed by atoms with Crippen LogP contribution in [-0.2, 0) is 4.79 Å². The van der Waals surface area contributed by atoms with Crippen LogP contribution in [0.1, 0.15) is 11.1 Å². The Hall–Kier alpha value is -2.93. The van der Waals surface area contributed by atoms with Gasteiger partial charge in [0, 0.05) is 50.3 Å². The lowest BCUT2D eigenvalue weighted by molar-refractivity contribution is -0.128. The van der Waals surface area contributed by atoms with Crippen LogP contribution >= 0.6 is 11.8 Å². The second kappa shape index (κ2) is 9.47. The van der Waals surface area contributed by atoms with Crippen molar-refractivity contribution in [2.24, 2.45) is 0 Å². The predicted octanol–water partition coefficient (Wildman–Crippen LogP) is 3.94. The number of aromatic nitrogens is 2. The van der Waals surface area contributed by atoms with E-state index in [1.807, 2.05) is 29.3 Å². The topological polar surface area (TPSA) is 50.6 Å². The third-order valence-electron chi connectivity index (χ3n) is 5.61. The van der Waals surface area contributed by atoms with Crippen LogP contribution in [0.25, 0.3) is 5.69 Å². The Morgan fingerprint density at radius 2 is 1.90 bits per heavy atom. The normalized spacial score (nSPS) is 14.0.